The zero-order chi connectivity index (χ0) is 17.1. The van der Waals surface area contributed by atoms with Gasteiger partial charge in [-0.2, -0.15) is 5.26 Å². The van der Waals surface area contributed by atoms with E-state index < -0.39 is 0 Å². The summed E-state index contributed by atoms with van der Waals surface area (Å²) in [6.45, 7) is 3.85. The summed E-state index contributed by atoms with van der Waals surface area (Å²) >= 11 is 0. The number of amides is 1. The first-order valence-electron chi connectivity index (χ1n) is 7.72. The minimum absolute atomic E-state index is 0.184. The number of aryl methyl sites for hydroxylation is 2. The maximum Gasteiger partial charge on any atom is 0.257 e. The number of hydrogen-bond acceptors (Lipinski definition) is 3. The summed E-state index contributed by atoms with van der Waals surface area (Å²) in [4.78, 5) is 17.1. The number of pyridine rings is 1. The van der Waals surface area contributed by atoms with Gasteiger partial charge in [-0.25, -0.2) is 0 Å². The summed E-state index contributed by atoms with van der Waals surface area (Å²) in [7, 11) is 0. The Bertz CT molecular complexity index is 953. The first kappa shape index (κ1) is 15.7. The van der Waals surface area contributed by atoms with E-state index in [4.69, 9.17) is 5.26 Å². The maximum atomic E-state index is 12.6. The lowest BCUT2D eigenvalue weighted by Crippen LogP contribution is -2.14. The fourth-order valence-corrected chi connectivity index (χ4v) is 2.62. The fraction of sp³-hybridized carbons (Fsp3) is 0.150. The van der Waals surface area contributed by atoms with Crippen molar-refractivity contribution in [3.05, 3.63) is 70.9 Å². The summed E-state index contributed by atoms with van der Waals surface area (Å²) in [6.07, 6.45) is 0.362. The lowest BCUT2D eigenvalue weighted by molar-refractivity contribution is 0.102. The van der Waals surface area contributed by atoms with Gasteiger partial charge in [0.1, 0.15) is 0 Å². The zero-order valence-electron chi connectivity index (χ0n) is 13.6. The summed E-state index contributed by atoms with van der Waals surface area (Å²) in [5.41, 5.74) is 4.90. The molecule has 3 rings (SSSR count). The van der Waals surface area contributed by atoms with Crippen molar-refractivity contribution in [1.29, 1.82) is 5.26 Å². The topological polar surface area (TPSA) is 65.8 Å². The molecule has 4 heteroatoms. The van der Waals surface area contributed by atoms with Gasteiger partial charge in [0.15, 0.2) is 0 Å². The smallest absolute Gasteiger partial charge is 0.257 e. The van der Waals surface area contributed by atoms with Crippen molar-refractivity contribution in [2.24, 2.45) is 0 Å². The van der Waals surface area contributed by atoms with Crippen molar-refractivity contribution >= 4 is 22.5 Å². The molecule has 1 aromatic heterocycles. The second-order valence-corrected chi connectivity index (χ2v) is 5.80. The highest BCUT2D eigenvalue weighted by Gasteiger charge is 2.12. The van der Waals surface area contributed by atoms with Gasteiger partial charge >= 0.3 is 0 Å². The predicted octanol–water partition coefficient (Wildman–Crippen LogP) is 4.17. The molecule has 1 N–H and O–H groups in total. The van der Waals surface area contributed by atoms with Gasteiger partial charge in [-0.15, -0.1) is 0 Å². The number of nitrogens with one attached hydrogen (secondary N) is 1. The molecule has 118 valence electrons. The highest BCUT2D eigenvalue weighted by molar-refractivity contribution is 6.06. The maximum absolute atomic E-state index is 12.6. The van der Waals surface area contributed by atoms with Crippen LogP contribution in [0.3, 0.4) is 0 Å². The molecule has 0 fully saturated rings. The van der Waals surface area contributed by atoms with Gasteiger partial charge in [0.05, 0.1) is 29.3 Å². The van der Waals surface area contributed by atoms with Crippen LogP contribution in [0.4, 0.5) is 5.69 Å². The molecule has 0 spiro atoms. The van der Waals surface area contributed by atoms with Gasteiger partial charge in [0.2, 0.25) is 0 Å². The van der Waals surface area contributed by atoms with Crippen LogP contribution in [0.2, 0.25) is 0 Å². The Hall–Kier alpha value is -3.19. The van der Waals surface area contributed by atoms with Gasteiger partial charge in [-0.3, -0.25) is 9.78 Å². The van der Waals surface area contributed by atoms with Crippen LogP contribution < -0.4 is 5.32 Å². The quantitative estimate of drug-likeness (QED) is 0.789. The molecule has 1 amide bonds. The van der Waals surface area contributed by atoms with Crippen molar-refractivity contribution < 1.29 is 4.79 Å². The Labute approximate surface area is 140 Å². The lowest BCUT2D eigenvalue weighted by atomic mass is 10.1. The Morgan fingerprint density at radius 3 is 2.58 bits per heavy atom. The number of benzene rings is 2. The Morgan fingerprint density at radius 2 is 1.88 bits per heavy atom. The van der Waals surface area contributed by atoms with E-state index in [1.807, 2.05) is 50.2 Å². The van der Waals surface area contributed by atoms with E-state index in [1.165, 1.54) is 0 Å². The molecule has 0 unspecified atom stereocenters. The number of nitrogens with zero attached hydrogens (tertiary/aromatic N) is 2. The number of carbonyl (C=O) groups is 1. The van der Waals surface area contributed by atoms with Gasteiger partial charge in [0, 0.05) is 11.1 Å². The minimum Gasteiger partial charge on any atom is -0.322 e. The normalized spacial score (nSPS) is 10.4. The molecule has 1 heterocycles. The standard InChI is InChI=1S/C20H17N3O/c1-13-3-8-19-16(11-13)12-18(14(2)22-19)20(24)23-17-6-4-15(5-7-17)9-10-21/h3-8,11-12H,9H2,1-2H3,(H,23,24). The number of hydrogen-bond donors (Lipinski definition) is 1. The SMILES string of the molecule is Cc1ccc2nc(C)c(C(=O)Nc3ccc(CC#N)cc3)cc2c1. The minimum atomic E-state index is -0.184. The molecule has 0 aliphatic rings. The Balaban J connectivity index is 1.88. The molecule has 3 aromatic rings. The molecule has 24 heavy (non-hydrogen) atoms. The molecule has 0 bridgehead atoms. The Morgan fingerprint density at radius 1 is 1.12 bits per heavy atom. The molecular formula is C20H17N3O. The van der Waals surface area contributed by atoms with Crippen molar-refractivity contribution in [2.75, 3.05) is 5.32 Å². The van der Waals surface area contributed by atoms with E-state index in [9.17, 15) is 4.79 Å². The molecule has 2 aromatic carbocycles. The fourth-order valence-electron chi connectivity index (χ4n) is 2.62. The Kier molecular flexibility index (Phi) is 4.26. The highest BCUT2D eigenvalue weighted by Crippen LogP contribution is 2.19. The van der Waals surface area contributed by atoms with Gasteiger partial charge in [-0.1, -0.05) is 23.8 Å². The van der Waals surface area contributed by atoms with Gasteiger partial charge in [-0.05, 0) is 49.7 Å². The van der Waals surface area contributed by atoms with Crippen molar-refractivity contribution in [3.63, 3.8) is 0 Å². The van der Waals surface area contributed by atoms with Crippen LogP contribution in [0.1, 0.15) is 27.2 Å². The van der Waals surface area contributed by atoms with Crippen LogP contribution >= 0.6 is 0 Å². The first-order valence-corrected chi connectivity index (χ1v) is 7.72. The summed E-state index contributed by atoms with van der Waals surface area (Å²) in [6, 6.07) is 17.3. The summed E-state index contributed by atoms with van der Waals surface area (Å²) in [5, 5.41) is 12.5. The number of nitriles is 1. The number of anilines is 1. The number of rotatable bonds is 3. The van der Waals surface area contributed by atoms with E-state index in [0.29, 0.717) is 23.4 Å². The first-order chi connectivity index (χ1) is 11.6. The molecule has 0 saturated heterocycles. The number of carbonyl (C=O) groups excluding carboxylic acids is 1. The van der Waals surface area contributed by atoms with Crippen LogP contribution in [0, 0.1) is 25.2 Å². The van der Waals surface area contributed by atoms with Crippen LogP contribution in [-0.2, 0) is 6.42 Å². The molecule has 0 saturated carbocycles. The third kappa shape index (κ3) is 3.26. The van der Waals surface area contributed by atoms with Crippen molar-refractivity contribution in [1.82, 2.24) is 4.98 Å². The molecule has 0 atom stereocenters. The van der Waals surface area contributed by atoms with Gasteiger partial charge in [0.25, 0.3) is 5.91 Å². The van der Waals surface area contributed by atoms with E-state index in [0.717, 1.165) is 22.0 Å². The lowest BCUT2D eigenvalue weighted by Gasteiger charge is -2.09. The number of fused-ring (bicyclic) bond motifs is 1. The van der Waals surface area contributed by atoms with E-state index in [1.54, 1.807) is 12.1 Å². The van der Waals surface area contributed by atoms with E-state index >= 15 is 0 Å². The zero-order valence-corrected chi connectivity index (χ0v) is 13.6. The summed E-state index contributed by atoms with van der Waals surface area (Å²) < 4.78 is 0. The molecule has 4 nitrogen and oxygen atoms in total. The molecular weight excluding hydrogens is 298 g/mol. The molecule has 0 aliphatic carbocycles. The van der Waals surface area contributed by atoms with Crippen molar-refractivity contribution in [3.8, 4) is 6.07 Å². The second-order valence-electron chi connectivity index (χ2n) is 5.80. The number of aromatic nitrogens is 1. The molecule has 0 radical (unpaired) electrons. The van der Waals surface area contributed by atoms with E-state index in [-0.39, 0.29) is 5.91 Å². The monoisotopic (exact) mass is 315 g/mol. The van der Waals surface area contributed by atoms with Gasteiger partial charge < -0.3 is 5.32 Å². The average Bonchev–Trinajstić information content (AvgIpc) is 2.56. The van der Waals surface area contributed by atoms with Crippen LogP contribution in [0.5, 0.6) is 0 Å². The predicted molar refractivity (Wildman–Crippen MR) is 94.9 cm³/mol. The molecule has 0 aliphatic heterocycles. The third-order valence-electron chi connectivity index (χ3n) is 3.90. The van der Waals surface area contributed by atoms with Crippen LogP contribution in [-0.4, -0.2) is 10.9 Å². The summed E-state index contributed by atoms with van der Waals surface area (Å²) in [5.74, 6) is -0.184. The van der Waals surface area contributed by atoms with Crippen molar-refractivity contribution in [2.45, 2.75) is 20.3 Å². The van der Waals surface area contributed by atoms with E-state index in [2.05, 4.69) is 16.4 Å². The third-order valence-corrected chi connectivity index (χ3v) is 3.90. The highest BCUT2D eigenvalue weighted by atomic mass is 16.1. The second kappa shape index (κ2) is 6.51. The largest absolute Gasteiger partial charge is 0.322 e. The van der Waals surface area contributed by atoms with Crippen LogP contribution in [0.15, 0.2) is 48.5 Å². The van der Waals surface area contributed by atoms with Crippen LogP contribution in [0.25, 0.3) is 10.9 Å². The average molecular weight is 315 g/mol.